The number of hydrogen-bond acceptors (Lipinski definition) is 4. The maximum Gasteiger partial charge on any atom is 0.193 e. The predicted molar refractivity (Wildman–Crippen MR) is 78.3 cm³/mol. The van der Waals surface area contributed by atoms with E-state index in [1.54, 1.807) is 12.4 Å². The fraction of sp³-hybridized carbons (Fsp3) is 0.133. The molecule has 5 nitrogen and oxygen atoms in total. The average Bonchev–Trinajstić information content (AvgIpc) is 2.97. The second-order valence-corrected chi connectivity index (χ2v) is 4.57. The Kier molecular flexibility index (Phi) is 3.35. The van der Waals surface area contributed by atoms with Crippen molar-refractivity contribution in [2.24, 2.45) is 0 Å². The zero-order valence-electron chi connectivity index (χ0n) is 11.5. The normalized spacial score (nSPS) is 10.8. The van der Waals surface area contributed by atoms with Crippen molar-refractivity contribution >= 4 is 5.69 Å². The van der Waals surface area contributed by atoms with Crippen LogP contribution in [0.5, 0.6) is 0 Å². The standard InChI is InChI=1S/C15H14FN5/c1-2-13-14(16)15(19-9-18-13)21-8-10(7-20-21)11-5-3-4-6-12(11)17/h3-9H,2,17H2,1H3. The molecule has 0 bridgehead atoms. The Morgan fingerprint density at radius 2 is 2.05 bits per heavy atom. The lowest BCUT2D eigenvalue weighted by Crippen LogP contribution is -2.06. The largest absolute Gasteiger partial charge is 0.398 e. The molecule has 106 valence electrons. The van der Waals surface area contributed by atoms with Crippen LogP contribution in [0.4, 0.5) is 10.1 Å². The molecule has 3 aromatic rings. The molecule has 2 heterocycles. The minimum atomic E-state index is -0.448. The molecule has 2 aromatic heterocycles. The average molecular weight is 283 g/mol. The van der Waals surface area contributed by atoms with Crippen molar-refractivity contribution in [2.45, 2.75) is 13.3 Å². The van der Waals surface area contributed by atoms with Crippen LogP contribution in [-0.2, 0) is 6.42 Å². The van der Waals surface area contributed by atoms with Gasteiger partial charge in [-0.1, -0.05) is 25.1 Å². The summed E-state index contributed by atoms with van der Waals surface area (Å²) in [6, 6.07) is 7.46. The van der Waals surface area contributed by atoms with Crippen LogP contribution in [-0.4, -0.2) is 19.7 Å². The van der Waals surface area contributed by atoms with Crippen LogP contribution < -0.4 is 5.73 Å². The number of benzene rings is 1. The Bertz CT molecular complexity index is 781. The lowest BCUT2D eigenvalue weighted by atomic mass is 10.1. The molecule has 0 aliphatic carbocycles. The monoisotopic (exact) mass is 283 g/mol. The van der Waals surface area contributed by atoms with E-state index in [0.29, 0.717) is 17.8 Å². The van der Waals surface area contributed by atoms with E-state index in [9.17, 15) is 4.39 Å². The van der Waals surface area contributed by atoms with Gasteiger partial charge in [0.25, 0.3) is 0 Å². The third-order valence-electron chi connectivity index (χ3n) is 3.25. The van der Waals surface area contributed by atoms with E-state index < -0.39 is 5.82 Å². The van der Waals surface area contributed by atoms with Gasteiger partial charge < -0.3 is 5.73 Å². The van der Waals surface area contributed by atoms with Crippen LogP contribution in [0.25, 0.3) is 16.9 Å². The van der Waals surface area contributed by atoms with Gasteiger partial charge in [0.05, 0.1) is 11.9 Å². The van der Waals surface area contributed by atoms with Gasteiger partial charge in [0.1, 0.15) is 6.33 Å². The molecule has 0 saturated heterocycles. The number of nitrogens with zero attached hydrogens (tertiary/aromatic N) is 4. The summed E-state index contributed by atoms with van der Waals surface area (Å²) in [6.45, 7) is 1.84. The Morgan fingerprint density at radius 1 is 1.24 bits per heavy atom. The molecule has 2 N–H and O–H groups in total. The number of aromatic nitrogens is 4. The molecule has 0 fully saturated rings. The van der Waals surface area contributed by atoms with Gasteiger partial charge in [0.2, 0.25) is 0 Å². The van der Waals surface area contributed by atoms with E-state index in [1.807, 2.05) is 31.2 Å². The van der Waals surface area contributed by atoms with Crippen LogP contribution in [0.2, 0.25) is 0 Å². The highest BCUT2D eigenvalue weighted by Gasteiger charge is 2.13. The third kappa shape index (κ3) is 2.35. The highest BCUT2D eigenvalue weighted by atomic mass is 19.1. The van der Waals surface area contributed by atoms with Gasteiger partial charge in [-0.2, -0.15) is 5.10 Å². The minimum absolute atomic E-state index is 0.141. The van der Waals surface area contributed by atoms with E-state index in [0.717, 1.165) is 11.1 Å². The summed E-state index contributed by atoms with van der Waals surface area (Å²) >= 11 is 0. The molecular weight excluding hydrogens is 269 g/mol. The first kappa shape index (κ1) is 13.2. The zero-order valence-corrected chi connectivity index (χ0v) is 11.5. The molecule has 3 rings (SSSR count). The molecule has 0 unspecified atom stereocenters. The number of rotatable bonds is 3. The highest BCUT2D eigenvalue weighted by molar-refractivity contribution is 5.75. The van der Waals surface area contributed by atoms with Gasteiger partial charge in [-0.3, -0.25) is 0 Å². The number of nitrogen functional groups attached to an aromatic ring is 1. The van der Waals surface area contributed by atoms with Crippen molar-refractivity contribution in [3.8, 4) is 16.9 Å². The first-order chi connectivity index (χ1) is 10.2. The Hall–Kier alpha value is -2.76. The molecule has 0 aliphatic rings. The van der Waals surface area contributed by atoms with Crippen molar-refractivity contribution in [2.75, 3.05) is 5.73 Å². The van der Waals surface area contributed by atoms with Crippen molar-refractivity contribution in [1.29, 1.82) is 0 Å². The molecule has 0 saturated carbocycles. The first-order valence-electron chi connectivity index (χ1n) is 6.60. The van der Waals surface area contributed by atoms with Gasteiger partial charge >= 0.3 is 0 Å². The molecule has 21 heavy (non-hydrogen) atoms. The molecule has 1 aromatic carbocycles. The van der Waals surface area contributed by atoms with E-state index in [4.69, 9.17) is 5.73 Å². The number of aryl methyl sites for hydroxylation is 1. The Balaban J connectivity index is 2.05. The summed E-state index contributed by atoms with van der Waals surface area (Å²) in [5, 5.41) is 4.17. The molecule has 6 heteroatoms. The maximum absolute atomic E-state index is 14.2. The number of halogens is 1. The van der Waals surface area contributed by atoms with Gasteiger partial charge in [-0.25, -0.2) is 19.0 Å². The summed E-state index contributed by atoms with van der Waals surface area (Å²) in [5.74, 6) is -0.307. The van der Waals surface area contributed by atoms with E-state index >= 15 is 0 Å². The summed E-state index contributed by atoms with van der Waals surface area (Å²) in [4.78, 5) is 7.88. The smallest absolute Gasteiger partial charge is 0.193 e. The lowest BCUT2D eigenvalue weighted by Gasteiger charge is -2.04. The molecule has 0 spiro atoms. The van der Waals surface area contributed by atoms with Crippen molar-refractivity contribution in [3.05, 3.63) is 54.5 Å². The van der Waals surface area contributed by atoms with Crippen molar-refractivity contribution in [1.82, 2.24) is 19.7 Å². The minimum Gasteiger partial charge on any atom is -0.398 e. The number of para-hydroxylation sites is 1. The van der Waals surface area contributed by atoms with Crippen molar-refractivity contribution < 1.29 is 4.39 Å². The number of hydrogen-bond donors (Lipinski definition) is 1. The second-order valence-electron chi connectivity index (χ2n) is 4.57. The topological polar surface area (TPSA) is 69.6 Å². The van der Waals surface area contributed by atoms with Crippen molar-refractivity contribution in [3.63, 3.8) is 0 Å². The maximum atomic E-state index is 14.2. The highest BCUT2D eigenvalue weighted by Crippen LogP contribution is 2.25. The van der Waals surface area contributed by atoms with E-state index in [-0.39, 0.29) is 5.82 Å². The summed E-state index contributed by atoms with van der Waals surface area (Å²) in [5.41, 5.74) is 8.62. The Morgan fingerprint density at radius 3 is 2.81 bits per heavy atom. The SMILES string of the molecule is CCc1ncnc(-n2cc(-c3ccccc3N)cn2)c1F. The van der Waals surface area contributed by atoms with E-state index in [1.165, 1.54) is 11.0 Å². The molecule has 0 radical (unpaired) electrons. The lowest BCUT2D eigenvalue weighted by molar-refractivity contribution is 0.574. The summed E-state index contributed by atoms with van der Waals surface area (Å²) < 4.78 is 15.6. The quantitative estimate of drug-likeness (QED) is 0.750. The summed E-state index contributed by atoms with van der Waals surface area (Å²) in [6.07, 6.45) is 5.19. The second kappa shape index (κ2) is 5.32. The van der Waals surface area contributed by atoms with Gasteiger partial charge in [-0.15, -0.1) is 0 Å². The van der Waals surface area contributed by atoms with Gasteiger partial charge in [0.15, 0.2) is 11.6 Å². The van der Waals surface area contributed by atoms with Gasteiger partial charge in [0, 0.05) is 23.0 Å². The van der Waals surface area contributed by atoms with Gasteiger partial charge in [-0.05, 0) is 12.5 Å². The first-order valence-corrected chi connectivity index (χ1v) is 6.60. The third-order valence-corrected chi connectivity index (χ3v) is 3.25. The fourth-order valence-corrected chi connectivity index (χ4v) is 2.14. The van der Waals surface area contributed by atoms with Crippen LogP contribution in [0.1, 0.15) is 12.6 Å². The van der Waals surface area contributed by atoms with Crippen LogP contribution in [0.15, 0.2) is 43.0 Å². The van der Waals surface area contributed by atoms with E-state index in [2.05, 4.69) is 15.1 Å². The zero-order chi connectivity index (χ0) is 14.8. The van der Waals surface area contributed by atoms with Crippen LogP contribution >= 0.6 is 0 Å². The molecular formula is C15H14FN5. The molecule has 0 atom stereocenters. The van der Waals surface area contributed by atoms with Crippen LogP contribution in [0, 0.1) is 5.82 Å². The number of nitrogens with two attached hydrogens (primary N) is 1. The van der Waals surface area contributed by atoms with Crippen LogP contribution in [0.3, 0.4) is 0 Å². The molecule has 0 aliphatic heterocycles. The summed E-state index contributed by atoms with van der Waals surface area (Å²) in [7, 11) is 0. The fourth-order valence-electron chi connectivity index (χ4n) is 2.14. The Labute approximate surface area is 121 Å². The predicted octanol–water partition coefficient (Wildman–Crippen LogP) is 2.61. The number of anilines is 1. The molecule has 0 amide bonds.